The van der Waals surface area contributed by atoms with Gasteiger partial charge in [-0.25, -0.2) is 5.43 Å². The molecule has 3 amide bonds. The summed E-state index contributed by atoms with van der Waals surface area (Å²) in [6, 6.07) is 10.8. The summed E-state index contributed by atoms with van der Waals surface area (Å²) >= 11 is 0. The molecule has 0 unspecified atom stereocenters. The van der Waals surface area contributed by atoms with Gasteiger partial charge in [0, 0.05) is 17.5 Å². The van der Waals surface area contributed by atoms with Crippen LogP contribution in [0.5, 0.6) is 0 Å². The van der Waals surface area contributed by atoms with Crippen molar-refractivity contribution < 1.29 is 23.2 Å². The topological polar surface area (TPSA) is 126 Å². The summed E-state index contributed by atoms with van der Waals surface area (Å²) in [5.74, 6) is -0.0340. The molecule has 0 bridgehead atoms. The molecular formula is C24H24N4O5. The van der Waals surface area contributed by atoms with Gasteiger partial charge in [0.2, 0.25) is 5.91 Å². The lowest BCUT2D eigenvalue weighted by atomic mass is 9.93. The molecule has 0 saturated carbocycles. The third-order valence-corrected chi connectivity index (χ3v) is 5.45. The maximum absolute atomic E-state index is 12.7. The van der Waals surface area contributed by atoms with E-state index < -0.39 is 5.91 Å². The van der Waals surface area contributed by atoms with E-state index in [-0.39, 0.29) is 24.0 Å². The Morgan fingerprint density at radius 3 is 2.52 bits per heavy atom. The Morgan fingerprint density at radius 1 is 1.00 bits per heavy atom. The molecule has 4 rings (SSSR count). The highest BCUT2D eigenvalue weighted by atomic mass is 16.4. The SMILES string of the molecule is Cc1occc1C(=O)N/N=C1\CCCc2oc(C(=O)NNC(=O)Cc3ccccc3)c(C)c21. The molecule has 2 heterocycles. The number of rotatable bonds is 5. The van der Waals surface area contributed by atoms with Crippen molar-refractivity contribution in [1.82, 2.24) is 16.3 Å². The van der Waals surface area contributed by atoms with E-state index in [0.717, 1.165) is 12.0 Å². The van der Waals surface area contributed by atoms with Gasteiger partial charge in [-0.1, -0.05) is 30.3 Å². The zero-order valence-corrected chi connectivity index (χ0v) is 18.4. The van der Waals surface area contributed by atoms with E-state index >= 15 is 0 Å². The maximum Gasteiger partial charge on any atom is 0.305 e. The van der Waals surface area contributed by atoms with Gasteiger partial charge < -0.3 is 8.83 Å². The van der Waals surface area contributed by atoms with Gasteiger partial charge in [-0.05, 0) is 38.3 Å². The molecule has 33 heavy (non-hydrogen) atoms. The Bertz CT molecular complexity index is 1220. The van der Waals surface area contributed by atoms with E-state index in [2.05, 4.69) is 21.4 Å². The Balaban J connectivity index is 1.44. The van der Waals surface area contributed by atoms with Gasteiger partial charge >= 0.3 is 5.91 Å². The second kappa shape index (κ2) is 9.56. The Kier molecular flexibility index (Phi) is 6.39. The highest BCUT2D eigenvalue weighted by molar-refractivity contribution is 6.07. The smallest absolute Gasteiger partial charge is 0.305 e. The van der Waals surface area contributed by atoms with E-state index in [1.165, 1.54) is 6.26 Å². The van der Waals surface area contributed by atoms with Crippen LogP contribution in [0.25, 0.3) is 0 Å². The predicted octanol–water partition coefficient (Wildman–Crippen LogP) is 2.96. The molecule has 3 N–H and O–H groups in total. The molecule has 170 valence electrons. The number of carbonyl (C=O) groups is 3. The molecule has 0 aliphatic heterocycles. The number of nitrogens with one attached hydrogen (secondary N) is 3. The minimum Gasteiger partial charge on any atom is -0.469 e. The van der Waals surface area contributed by atoms with Crippen LogP contribution in [0.15, 0.2) is 56.6 Å². The van der Waals surface area contributed by atoms with Crippen LogP contribution in [0.1, 0.15) is 62.0 Å². The number of hydrogen-bond donors (Lipinski definition) is 3. The van der Waals surface area contributed by atoms with E-state index in [0.29, 0.717) is 46.8 Å². The molecule has 0 atom stereocenters. The molecule has 1 aromatic carbocycles. The van der Waals surface area contributed by atoms with Crippen molar-refractivity contribution in [2.45, 2.75) is 39.5 Å². The third-order valence-electron chi connectivity index (χ3n) is 5.45. The second-order valence-corrected chi connectivity index (χ2v) is 7.76. The highest BCUT2D eigenvalue weighted by Gasteiger charge is 2.28. The van der Waals surface area contributed by atoms with Crippen molar-refractivity contribution in [3.05, 3.63) is 82.2 Å². The molecule has 1 aliphatic carbocycles. The molecule has 9 nitrogen and oxygen atoms in total. The summed E-state index contributed by atoms with van der Waals surface area (Å²) in [5.41, 5.74) is 10.6. The number of fused-ring (bicyclic) bond motifs is 1. The standard InChI is InChI=1S/C24H24N4O5/c1-14-21-18(25-27-23(30)17-11-12-32-15(17)2)9-6-10-19(21)33-22(14)24(31)28-26-20(29)13-16-7-4-3-5-8-16/h3-5,7-8,11-12H,6,9-10,13H2,1-2H3,(H,26,29)(H,27,30)(H,28,31)/b25-18+. The van der Waals surface area contributed by atoms with Gasteiger partial charge in [0.25, 0.3) is 5.91 Å². The van der Waals surface area contributed by atoms with Gasteiger partial charge in [-0.15, -0.1) is 0 Å². The quantitative estimate of drug-likeness (QED) is 0.518. The largest absolute Gasteiger partial charge is 0.469 e. The first kappa shape index (κ1) is 22.1. The van der Waals surface area contributed by atoms with Gasteiger partial charge in [0.05, 0.1) is 24.0 Å². The number of benzene rings is 1. The van der Waals surface area contributed by atoms with Crippen LogP contribution in [-0.2, 0) is 17.6 Å². The lowest BCUT2D eigenvalue weighted by Gasteiger charge is -2.13. The molecule has 1 aliphatic rings. The van der Waals surface area contributed by atoms with Gasteiger partial charge in [0.15, 0.2) is 5.76 Å². The Labute approximate surface area is 190 Å². The average molecular weight is 448 g/mol. The molecule has 9 heteroatoms. The molecule has 0 saturated heterocycles. The number of amides is 3. The summed E-state index contributed by atoms with van der Waals surface area (Å²) in [6.07, 6.45) is 3.64. The first-order valence-corrected chi connectivity index (χ1v) is 10.6. The number of furan rings is 2. The molecule has 0 radical (unpaired) electrons. The normalized spacial score (nSPS) is 13.9. The number of aryl methyl sites for hydroxylation is 2. The van der Waals surface area contributed by atoms with Crippen LogP contribution in [0.3, 0.4) is 0 Å². The van der Waals surface area contributed by atoms with Crippen molar-refractivity contribution in [3.63, 3.8) is 0 Å². The lowest BCUT2D eigenvalue weighted by Crippen LogP contribution is -2.42. The zero-order valence-electron chi connectivity index (χ0n) is 18.4. The van der Waals surface area contributed by atoms with Crippen LogP contribution in [0, 0.1) is 13.8 Å². The third kappa shape index (κ3) is 4.87. The second-order valence-electron chi connectivity index (χ2n) is 7.76. The summed E-state index contributed by atoms with van der Waals surface area (Å²) in [7, 11) is 0. The average Bonchev–Trinajstić information content (AvgIpc) is 3.40. The maximum atomic E-state index is 12.7. The number of nitrogens with zero attached hydrogens (tertiary/aromatic N) is 1. The number of hydrogen-bond acceptors (Lipinski definition) is 6. The number of hydrazine groups is 1. The van der Waals surface area contributed by atoms with Crippen LogP contribution in [-0.4, -0.2) is 23.4 Å². The van der Waals surface area contributed by atoms with Gasteiger partial charge in [-0.3, -0.25) is 25.2 Å². The highest BCUT2D eigenvalue weighted by Crippen LogP contribution is 2.29. The summed E-state index contributed by atoms with van der Waals surface area (Å²) in [4.78, 5) is 37.1. The zero-order chi connectivity index (χ0) is 23.4. The van der Waals surface area contributed by atoms with Crippen molar-refractivity contribution in [3.8, 4) is 0 Å². The predicted molar refractivity (Wildman–Crippen MR) is 120 cm³/mol. The molecular weight excluding hydrogens is 424 g/mol. The molecule has 3 aromatic rings. The summed E-state index contributed by atoms with van der Waals surface area (Å²) in [5, 5.41) is 4.29. The minimum atomic E-state index is -0.555. The van der Waals surface area contributed by atoms with Crippen molar-refractivity contribution in [2.75, 3.05) is 0 Å². The minimum absolute atomic E-state index is 0.103. The summed E-state index contributed by atoms with van der Waals surface area (Å²) < 4.78 is 11.0. The van der Waals surface area contributed by atoms with Crippen molar-refractivity contribution in [2.24, 2.45) is 5.10 Å². The van der Waals surface area contributed by atoms with Crippen LogP contribution >= 0.6 is 0 Å². The van der Waals surface area contributed by atoms with E-state index in [9.17, 15) is 14.4 Å². The summed E-state index contributed by atoms with van der Waals surface area (Å²) in [6.45, 7) is 3.45. The first-order valence-electron chi connectivity index (χ1n) is 10.6. The van der Waals surface area contributed by atoms with E-state index in [1.54, 1.807) is 19.9 Å². The molecule has 2 aromatic heterocycles. The van der Waals surface area contributed by atoms with Crippen LogP contribution in [0.2, 0.25) is 0 Å². The van der Waals surface area contributed by atoms with Gasteiger partial charge in [0.1, 0.15) is 11.5 Å². The fraction of sp³-hybridized carbons (Fsp3) is 0.250. The first-order chi connectivity index (χ1) is 15.9. The van der Waals surface area contributed by atoms with Crippen molar-refractivity contribution in [1.29, 1.82) is 0 Å². The van der Waals surface area contributed by atoms with Gasteiger partial charge in [-0.2, -0.15) is 5.10 Å². The Hall–Kier alpha value is -4.14. The monoisotopic (exact) mass is 448 g/mol. The molecule has 0 spiro atoms. The number of carbonyl (C=O) groups excluding carboxylic acids is 3. The number of hydrazone groups is 1. The van der Waals surface area contributed by atoms with E-state index in [4.69, 9.17) is 8.83 Å². The fourth-order valence-electron chi connectivity index (χ4n) is 3.80. The molecule has 0 fully saturated rings. The van der Waals surface area contributed by atoms with Crippen LogP contribution < -0.4 is 16.3 Å². The fourth-order valence-corrected chi connectivity index (χ4v) is 3.80. The lowest BCUT2D eigenvalue weighted by molar-refractivity contribution is -0.121. The van der Waals surface area contributed by atoms with Crippen molar-refractivity contribution >= 4 is 23.4 Å². The van der Waals surface area contributed by atoms with E-state index in [1.807, 2.05) is 30.3 Å². The Morgan fingerprint density at radius 2 is 1.79 bits per heavy atom. The van der Waals surface area contributed by atoms with Crippen LogP contribution in [0.4, 0.5) is 0 Å².